The highest BCUT2D eigenvalue weighted by atomic mass is 35.5. The second-order valence-corrected chi connectivity index (χ2v) is 6.49. The van der Waals surface area contributed by atoms with E-state index in [9.17, 15) is 8.42 Å². The summed E-state index contributed by atoms with van der Waals surface area (Å²) in [5.41, 5.74) is 0.706. The van der Waals surface area contributed by atoms with Gasteiger partial charge in [0.1, 0.15) is 0 Å². The van der Waals surface area contributed by atoms with Gasteiger partial charge in [0.15, 0.2) is 0 Å². The van der Waals surface area contributed by atoms with E-state index < -0.39 is 10.0 Å². The highest BCUT2D eigenvalue weighted by Gasteiger charge is 2.38. The molecule has 0 saturated heterocycles. The normalized spacial score (nSPS) is 16.4. The number of H-pyrrole nitrogens is 1. The van der Waals surface area contributed by atoms with Crippen molar-refractivity contribution in [3.8, 4) is 0 Å². The quantitative estimate of drug-likeness (QED) is 0.776. The summed E-state index contributed by atoms with van der Waals surface area (Å²) < 4.78 is 31.4. The van der Waals surface area contributed by atoms with Crippen molar-refractivity contribution in [2.24, 2.45) is 0 Å². The van der Waals surface area contributed by atoms with E-state index in [1.807, 2.05) is 0 Å². The van der Waals surface area contributed by atoms with Gasteiger partial charge >= 0.3 is 0 Å². The SMILES string of the molecule is COCCN(C1CC1)S(=O)(=O)c1c[nH]c(CCl)c1. The van der Waals surface area contributed by atoms with Crippen molar-refractivity contribution in [3.63, 3.8) is 0 Å². The lowest BCUT2D eigenvalue weighted by Gasteiger charge is -2.20. The van der Waals surface area contributed by atoms with Crippen LogP contribution in [-0.4, -0.2) is 44.0 Å². The van der Waals surface area contributed by atoms with E-state index in [0.29, 0.717) is 18.8 Å². The van der Waals surface area contributed by atoms with Crippen LogP contribution in [0.1, 0.15) is 18.5 Å². The van der Waals surface area contributed by atoms with Crippen LogP contribution in [0.25, 0.3) is 0 Å². The molecular weight excluding hydrogens is 276 g/mol. The van der Waals surface area contributed by atoms with Crippen LogP contribution >= 0.6 is 11.6 Å². The Bertz CT molecular complexity index is 496. The first-order valence-corrected chi connectivity index (χ1v) is 7.81. The van der Waals surface area contributed by atoms with Crippen LogP contribution in [-0.2, 0) is 20.6 Å². The van der Waals surface area contributed by atoms with Crippen molar-refractivity contribution in [1.82, 2.24) is 9.29 Å². The fourth-order valence-electron chi connectivity index (χ4n) is 1.82. The zero-order chi connectivity index (χ0) is 13.2. The lowest BCUT2D eigenvalue weighted by atomic mass is 10.5. The zero-order valence-corrected chi connectivity index (χ0v) is 11.8. The van der Waals surface area contributed by atoms with Gasteiger partial charge in [0, 0.05) is 31.6 Å². The molecular formula is C11H17ClN2O3S. The standard InChI is InChI=1S/C11H17ClN2O3S/c1-17-5-4-14(10-2-3-10)18(15,16)11-6-9(7-12)13-8-11/h6,8,10,13H,2-5,7H2,1H3. The lowest BCUT2D eigenvalue weighted by molar-refractivity contribution is 0.177. The molecule has 5 nitrogen and oxygen atoms in total. The Morgan fingerprint density at radius 2 is 2.28 bits per heavy atom. The summed E-state index contributed by atoms with van der Waals surface area (Å²) in [4.78, 5) is 3.14. The molecule has 0 aliphatic heterocycles. The first kappa shape index (κ1) is 13.9. The van der Waals surface area contributed by atoms with Gasteiger partial charge in [-0.25, -0.2) is 8.42 Å². The summed E-state index contributed by atoms with van der Waals surface area (Å²) in [5.74, 6) is 0.275. The summed E-state index contributed by atoms with van der Waals surface area (Å²) in [7, 11) is -1.87. The molecule has 1 aromatic heterocycles. The third-order valence-corrected chi connectivity index (χ3v) is 5.15. The summed E-state index contributed by atoms with van der Waals surface area (Å²) in [6.07, 6.45) is 3.35. The number of hydrogen-bond donors (Lipinski definition) is 1. The Morgan fingerprint density at radius 1 is 1.56 bits per heavy atom. The van der Waals surface area contributed by atoms with Crippen LogP contribution in [0.4, 0.5) is 0 Å². The topological polar surface area (TPSA) is 62.4 Å². The molecule has 1 fully saturated rings. The Balaban J connectivity index is 2.21. The largest absolute Gasteiger partial charge is 0.383 e. The van der Waals surface area contributed by atoms with Crippen LogP contribution in [0, 0.1) is 0 Å². The minimum Gasteiger partial charge on any atom is -0.383 e. The molecule has 18 heavy (non-hydrogen) atoms. The summed E-state index contributed by atoms with van der Waals surface area (Å²) >= 11 is 5.67. The molecule has 0 amide bonds. The number of ether oxygens (including phenoxy) is 1. The number of nitrogens with zero attached hydrogens (tertiary/aromatic N) is 1. The lowest BCUT2D eigenvalue weighted by Crippen LogP contribution is -2.35. The van der Waals surface area contributed by atoms with E-state index in [-0.39, 0.29) is 16.8 Å². The number of hydrogen-bond acceptors (Lipinski definition) is 3. The molecule has 0 spiro atoms. The van der Waals surface area contributed by atoms with Crippen molar-refractivity contribution in [1.29, 1.82) is 0 Å². The fraction of sp³-hybridized carbons (Fsp3) is 0.636. The van der Waals surface area contributed by atoms with E-state index in [4.69, 9.17) is 16.3 Å². The third-order valence-electron chi connectivity index (χ3n) is 2.94. The summed E-state index contributed by atoms with van der Waals surface area (Å²) in [6, 6.07) is 1.71. The molecule has 102 valence electrons. The molecule has 0 aromatic carbocycles. The van der Waals surface area contributed by atoms with Crippen molar-refractivity contribution in [3.05, 3.63) is 18.0 Å². The first-order chi connectivity index (χ1) is 8.59. The summed E-state index contributed by atoms with van der Waals surface area (Å²) in [5, 5.41) is 0. The molecule has 0 radical (unpaired) electrons. The van der Waals surface area contributed by atoms with Gasteiger partial charge in [-0.05, 0) is 18.9 Å². The van der Waals surface area contributed by atoms with Gasteiger partial charge in [-0.15, -0.1) is 11.6 Å². The van der Waals surface area contributed by atoms with E-state index in [1.54, 1.807) is 13.2 Å². The van der Waals surface area contributed by atoms with Crippen LogP contribution < -0.4 is 0 Å². The molecule has 2 rings (SSSR count). The number of rotatable bonds is 7. The zero-order valence-electron chi connectivity index (χ0n) is 10.2. The molecule has 1 aliphatic rings. The molecule has 1 aliphatic carbocycles. The number of methoxy groups -OCH3 is 1. The van der Waals surface area contributed by atoms with Crippen LogP contribution in [0.2, 0.25) is 0 Å². The van der Waals surface area contributed by atoms with E-state index in [2.05, 4.69) is 4.98 Å². The van der Waals surface area contributed by atoms with Gasteiger partial charge in [-0.3, -0.25) is 0 Å². The van der Waals surface area contributed by atoms with Gasteiger partial charge in [0.2, 0.25) is 10.0 Å². The van der Waals surface area contributed by atoms with Gasteiger partial charge in [0.05, 0.1) is 17.4 Å². The van der Waals surface area contributed by atoms with Gasteiger partial charge < -0.3 is 9.72 Å². The molecule has 1 heterocycles. The van der Waals surface area contributed by atoms with E-state index >= 15 is 0 Å². The van der Waals surface area contributed by atoms with Crippen LogP contribution in [0.5, 0.6) is 0 Å². The molecule has 1 saturated carbocycles. The Morgan fingerprint density at radius 3 is 2.78 bits per heavy atom. The average Bonchev–Trinajstić information content (AvgIpc) is 3.05. The number of halogens is 1. The number of alkyl halides is 1. The number of sulfonamides is 1. The average molecular weight is 293 g/mol. The van der Waals surface area contributed by atoms with E-state index in [0.717, 1.165) is 12.8 Å². The molecule has 0 bridgehead atoms. The smallest absolute Gasteiger partial charge is 0.244 e. The number of aromatic amines is 1. The van der Waals surface area contributed by atoms with Crippen molar-refractivity contribution in [2.45, 2.75) is 29.7 Å². The van der Waals surface area contributed by atoms with Crippen LogP contribution in [0.3, 0.4) is 0 Å². The maximum atomic E-state index is 12.5. The predicted molar refractivity (Wildman–Crippen MR) is 69.1 cm³/mol. The Labute approximate surface area is 112 Å². The molecule has 1 N–H and O–H groups in total. The third kappa shape index (κ3) is 2.88. The molecule has 1 aromatic rings. The second-order valence-electron chi connectivity index (χ2n) is 4.33. The number of nitrogens with one attached hydrogen (secondary N) is 1. The monoisotopic (exact) mass is 292 g/mol. The summed E-state index contributed by atoms with van der Waals surface area (Å²) in [6.45, 7) is 0.799. The second kappa shape index (κ2) is 5.61. The van der Waals surface area contributed by atoms with Crippen molar-refractivity contribution < 1.29 is 13.2 Å². The van der Waals surface area contributed by atoms with E-state index in [1.165, 1.54) is 10.5 Å². The molecule has 0 atom stereocenters. The Kier molecular flexibility index (Phi) is 4.32. The van der Waals surface area contributed by atoms with Crippen molar-refractivity contribution >= 4 is 21.6 Å². The maximum Gasteiger partial charge on any atom is 0.244 e. The predicted octanol–water partition coefficient (Wildman–Crippen LogP) is 1.55. The minimum atomic E-state index is -3.44. The van der Waals surface area contributed by atoms with Gasteiger partial charge in [0.25, 0.3) is 0 Å². The fourth-order valence-corrected chi connectivity index (χ4v) is 3.67. The number of aromatic nitrogens is 1. The minimum absolute atomic E-state index is 0.125. The maximum absolute atomic E-state index is 12.5. The highest BCUT2D eigenvalue weighted by molar-refractivity contribution is 7.89. The molecule has 0 unspecified atom stereocenters. The molecule has 7 heteroatoms. The first-order valence-electron chi connectivity index (χ1n) is 5.83. The van der Waals surface area contributed by atoms with Crippen LogP contribution in [0.15, 0.2) is 17.2 Å². The Hall–Kier alpha value is -0.560. The van der Waals surface area contributed by atoms with Gasteiger partial charge in [-0.1, -0.05) is 0 Å². The van der Waals surface area contributed by atoms with Crippen molar-refractivity contribution in [2.75, 3.05) is 20.3 Å². The van der Waals surface area contributed by atoms with Gasteiger partial charge in [-0.2, -0.15) is 4.31 Å². The highest BCUT2D eigenvalue weighted by Crippen LogP contribution is 2.32.